The van der Waals surface area contributed by atoms with E-state index >= 15 is 0 Å². The summed E-state index contributed by atoms with van der Waals surface area (Å²) in [6.45, 7) is 4.81. The fraction of sp³-hybridized carbons (Fsp3) is 0.381. The molecule has 1 amide bonds. The van der Waals surface area contributed by atoms with E-state index in [4.69, 9.17) is 4.74 Å². The lowest BCUT2D eigenvalue weighted by atomic mass is 10.2. The van der Waals surface area contributed by atoms with Gasteiger partial charge in [-0.15, -0.1) is 0 Å². The third-order valence-electron chi connectivity index (χ3n) is 4.79. The van der Waals surface area contributed by atoms with E-state index in [0.717, 1.165) is 11.3 Å². The lowest BCUT2D eigenvalue weighted by molar-refractivity contribution is -0.122. The van der Waals surface area contributed by atoms with Gasteiger partial charge in [-0.3, -0.25) is 9.69 Å². The first-order chi connectivity index (χ1) is 13.9. The molecule has 1 aliphatic rings. The number of hydrogen-bond donors (Lipinski definition) is 1. The Bertz CT molecular complexity index is 893. The summed E-state index contributed by atoms with van der Waals surface area (Å²) < 4.78 is 32.5. The topological polar surface area (TPSA) is 79.0 Å². The van der Waals surface area contributed by atoms with Crippen LogP contribution in [0, 0.1) is 6.92 Å². The number of nitrogens with one attached hydrogen (secondary N) is 1. The zero-order valence-electron chi connectivity index (χ0n) is 16.6. The lowest BCUT2D eigenvalue weighted by Crippen LogP contribution is -2.51. The van der Waals surface area contributed by atoms with Crippen molar-refractivity contribution < 1.29 is 17.9 Å². The molecule has 1 aliphatic heterocycles. The molecule has 0 spiro atoms. The summed E-state index contributed by atoms with van der Waals surface area (Å²) in [4.78, 5) is 14.4. The van der Waals surface area contributed by atoms with Gasteiger partial charge in [0.15, 0.2) is 0 Å². The van der Waals surface area contributed by atoms with E-state index in [-0.39, 0.29) is 12.5 Å². The molecule has 7 nitrogen and oxygen atoms in total. The molecule has 3 rings (SSSR count). The van der Waals surface area contributed by atoms with Gasteiger partial charge in [0, 0.05) is 26.2 Å². The van der Waals surface area contributed by atoms with Gasteiger partial charge in [-0.2, -0.15) is 4.31 Å². The molecule has 8 heteroatoms. The molecule has 0 bridgehead atoms. The average Bonchev–Trinajstić information content (AvgIpc) is 2.73. The Hall–Kier alpha value is -2.42. The second kappa shape index (κ2) is 9.87. The van der Waals surface area contributed by atoms with Crippen molar-refractivity contribution in [1.82, 2.24) is 14.5 Å². The normalized spacial score (nSPS) is 15.8. The van der Waals surface area contributed by atoms with Crippen LogP contribution in [0.4, 0.5) is 0 Å². The predicted octanol–water partition coefficient (Wildman–Crippen LogP) is 1.50. The predicted molar refractivity (Wildman–Crippen MR) is 111 cm³/mol. The maximum atomic E-state index is 12.7. The van der Waals surface area contributed by atoms with Gasteiger partial charge >= 0.3 is 0 Å². The number of aryl methyl sites for hydroxylation is 1. The minimum Gasteiger partial charge on any atom is -0.492 e. The average molecular weight is 418 g/mol. The Labute approximate surface area is 172 Å². The van der Waals surface area contributed by atoms with Gasteiger partial charge in [-0.05, 0) is 31.2 Å². The zero-order chi connectivity index (χ0) is 20.7. The number of piperazine rings is 1. The summed E-state index contributed by atoms with van der Waals surface area (Å²) in [6.07, 6.45) is 0. The second-order valence-electron chi connectivity index (χ2n) is 7.00. The highest BCUT2D eigenvalue weighted by Gasteiger charge is 2.28. The van der Waals surface area contributed by atoms with Crippen molar-refractivity contribution in [3.63, 3.8) is 0 Å². The number of para-hydroxylation sites is 1. The molecule has 0 saturated carbocycles. The number of ether oxygens (including phenoxy) is 1. The first-order valence-electron chi connectivity index (χ1n) is 9.69. The summed E-state index contributed by atoms with van der Waals surface area (Å²) in [7, 11) is -3.49. The molecule has 156 valence electrons. The second-order valence-corrected chi connectivity index (χ2v) is 8.94. The zero-order valence-corrected chi connectivity index (χ0v) is 17.4. The number of amides is 1. The van der Waals surface area contributed by atoms with E-state index in [1.54, 1.807) is 24.3 Å². The van der Waals surface area contributed by atoms with Gasteiger partial charge < -0.3 is 10.1 Å². The fourth-order valence-electron chi connectivity index (χ4n) is 3.12. The summed E-state index contributed by atoms with van der Waals surface area (Å²) in [5.74, 6) is 0.684. The van der Waals surface area contributed by atoms with E-state index in [2.05, 4.69) is 5.32 Å². The molecule has 0 radical (unpaired) electrons. The number of sulfonamides is 1. The molecule has 0 aromatic heterocycles. The van der Waals surface area contributed by atoms with Crippen molar-refractivity contribution >= 4 is 15.9 Å². The van der Waals surface area contributed by atoms with Crippen LogP contribution in [0.15, 0.2) is 59.5 Å². The molecule has 2 aromatic carbocycles. The molecular weight excluding hydrogens is 390 g/mol. The third-order valence-corrected chi connectivity index (χ3v) is 6.71. The first-order valence-corrected chi connectivity index (χ1v) is 11.1. The van der Waals surface area contributed by atoms with Crippen LogP contribution in [-0.2, 0) is 14.8 Å². The van der Waals surface area contributed by atoms with Gasteiger partial charge in [0.2, 0.25) is 15.9 Å². The number of carbonyl (C=O) groups excluding carboxylic acids is 1. The monoisotopic (exact) mass is 417 g/mol. The Kier molecular flexibility index (Phi) is 7.24. The van der Waals surface area contributed by atoms with Crippen LogP contribution < -0.4 is 10.1 Å². The molecule has 1 heterocycles. The van der Waals surface area contributed by atoms with Gasteiger partial charge in [-0.25, -0.2) is 8.42 Å². The number of benzene rings is 2. The molecular formula is C21H27N3O4S. The standard InChI is InChI=1S/C21H27N3O4S/c1-18-7-9-20(10-8-18)29(26,27)24-14-12-23(13-15-24)17-21(25)22-11-16-28-19-5-3-2-4-6-19/h2-10H,11-17H2,1H3,(H,22,25). The molecule has 0 atom stereocenters. The van der Waals surface area contributed by atoms with Crippen molar-refractivity contribution in [3.05, 3.63) is 60.2 Å². The fourth-order valence-corrected chi connectivity index (χ4v) is 4.54. The van der Waals surface area contributed by atoms with Crippen molar-refractivity contribution in [3.8, 4) is 5.75 Å². The van der Waals surface area contributed by atoms with Crippen molar-refractivity contribution in [2.24, 2.45) is 0 Å². The molecule has 0 aliphatic carbocycles. The molecule has 1 saturated heterocycles. The Balaban J connectivity index is 1.39. The highest BCUT2D eigenvalue weighted by atomic mass is 32.2. The largest absolute Gasteiger partial charge is 0.492 e. The van der Waals surface area contributed by atoms with Crippen LogP contribution in [0.5, 0.6) is 5.75 Å². The van der Waals surface area contributed by atoms with Crippen LogP contribution in [-0.4, -0.2) is 69.4 Å². The van der Waals surface area contributed by atoms with E-state index in [1.807, 2.05) is 42.2 Å². The van der Waals surface area contributed by atoms with Crippen LogP contribution in [0.25, 0.3) is 0 Å². The van der Waals surface area contributed by atoms with Crippen LogP contribution in [0.2, 0.25) is 0 Å². The first kappa shape index (κ1) is 21.3. The number of nitrogens with zero attached hydrogens (tertiary/aromatic N) is 2. The summed E-state index contributed by atoms with van der Waals surface area (Å²) in [6, 6.07) is 16.3. The molecule has 0 unspecified atom stereocenters. The Morgan fingerprint density at radius 1 is 1.00 bits per heavy atom. The van der Waals surface area contributed by atoms with Crippen molar-refractivity contribution in [2.45, 2.75) is 11.8 Å². The van der Waals surface area contributed by atoms with E-state index < -0.39 is 10.0 Å². The van der Waals surface area contributed by atoms with E-state index in [9.17, 15) is 13.2 Å². The van der Waals surface area contributed by atoms with Crippen LogP contribution >= 0.6 is 0 Å². The highest BCUT2D eigenvalue weighted by molar-refractivity contribution is 7.89. The Morgan fingerprint density at radius 3 is 2.31 bits per heavy atom. The molecule has 2 aromatic rings. The number of hydrogen-bond acceptors (Lipinski definition) is 5. The minimum atomic E-state index is -3.49. The highest BCUT2D eigenvalue weighted by Crippen LogP contribution is 2.18. The van der Waals surface area contributed by atoms with Gasteiger partial charge in [-0.1, -0.05) is 35.9 Å². The summed E-state index contributed by atoms with van der Waals surface area (Å²) in [5, 5.41) is 2.84. The summed E-state index contributed by atoms with van der Waals surface area (Å²) >= 11 is 0. The van der Waals surface area contributed by atoms with Crippen LogP contribution in [0.1, 0.15) is 5.56 Å². The summed E-state index contributed by atoms with van der Waals surface area (Å²) in [5.41, 5.74) is 1.02. The quantitative estimate of drug-likeness (QED) is 0.659. The molecule has 29 heavy (non-hydrogen) atoms. The molecule has 1 N–H and O–H groups in total. The number of carbonyl (C=O) groups is 1. The number of rotatable bonds is 8. The van der Waals surface area contributed by atoms with Crippen LogP contribution in [0.3, 0.4) is 0 Å². The van der Waals surface area contributed by atoms with Gasteiger partial charge in [0.25, 0.3) is 0 Å². The molecule has 1 fully saturated rings. The minimum absolute atomic E-state index is 0.0866. The maximum Gasteiger partial charge on any atom is 0.243 e. The smallest absolute Gasteiger partial charge is 0.243 e. The van der Waals surface area contributed by atoms with Crippen molar-refractivity contribution in [2.75, 3.05) is 45.9 Å². The lowest BCUT2D eigenvalue weighted by Gasteiger charge is -2.33. The Morgan fingerprint density at radius 2 is 1.66 bits per heavy atom. The van der Waals surface area contributed by atoms with Crippen molar-refractivity contribution in [1.29, 1.82) is 0 Å². The van der Waals surface area contributed by atoms with Gasteiger partial charge in [0.05, 0.1) is 18.0 Å². The third kappa shape index (κ3) is 6.03. The SMILES string of the molecule is Cc1ccc(S(=O)(=O)N2CCN(CC(=O)NCCOc3ccccc3)CC2)cc1. The maximum absolute atomic E-state index is 12.7. The van der Waals surface area contributed by atoms with E-state index in [0.29, 0.717) is 44.2 Å². The van der Waals surface area contributed by atoms with Gasteiger partial charge in [0.1, 0.15) is 12.4 Å². The van der Waals surface area contributed by atoms with E-state index in [1.165, 1.54) is 4.31 Å².